The SMILES string of the molecule is C[C@@H]1C[C@@H](C)CN(CCCNC(=O)c2ccc3c(c2)N(Cc2cccc(Cl)c2)C(=O)c2ccccc2[S@]3=O)C1. The number of rotatable bonds is 7. The summed E-state index contributed by atoms with van der Waals surface area (Å²) in [5.41, 5.74) is 2.13. The van der Waals surface area contributed by atoms with Crippen molar-refractivity contribution in [1.82, 2.24) is 10.2 Å². The lowest BCUT2D eigenvalue weighted by Gasteiger charge is -2.34. The highest BCUT2D eigenvalue weighted by Crippen LogP contribution is 2.36. The van der Waals surface area contributed by atoms with E-state index in [9.17, 15) is 13.8 Å². The zero-order chi connectivity index (χ0) is 27.5. The van der Waals surface area contributed by atoms with Crippen molar-refractivity contribution in [2.24, 2.45) is 11.8 Å². The highest BCUT2D eigenvalue weighted by atomic mass is 35.5. The van der Waals surface area contributed by atoms with E-state index in [2.05, 4.69) is 24.1 Å². The van der Waals surface area contributed by atoms with Crippen molar-refractivity contribution in [2.45, 2.75) is 43.0 Å². The molecule has 2 aliphatic rings. The van der Waals surface area contributed by atoms with E-state index in [0.29, 0.717) is 50.0 Å². The van der Waals surface area contributed by atoms with Gasteiger partial charge in [0.25, 0.3) is 11.8 Å². The first-order valence-electron chi connectivity index (χ1n) is 13.5. The smallest absolute Gasteiger partial charge is 0.259 e. The molecule has 1 fully saturated rings. The van der Waals surface area contributed by atoms with E-state index in [1.807, 2.05) is 18.2 Å². The second-order valence-corrected chi connectivity index (χ2v) is 12.6. The molecule has 0 bridgehead atoms. The molecule has 204 valence electrons. The van der Waals surface area contributed by atoms with Gasteiger partial charge in [-0.1, -0.05) is 49.7 Å². The van der Waals surface area contributed by atoms with Gasteiger partial charge in [-0.05, 0) is 79.3 Å². The molecule has 3 aromatic rings. The molecule has 0 aliphatic carbocycles. The average molecular weight is 564 g/mol. The summed E-state index contributed by atoms with van der Waals surface area (Å²) in [5, 5.41) is 3.60. The van der Waals surface area contributed by atoms with Crippen LogP contribution >= 0.6 is 11.6 Å². The van der Waals surface area contributed by atoms with Gasteiger partial charge in [0.05, 0.1) is 38.4 Å². The molecule has 0 spiro atoms. The predicted octanol–water partition coefficient (Wildman–Crippen LogP) is 5.76. The second kappa shape index (κ2) is 12.0. The largest absolute Gasteiger partial charge is 0.352 e. The normalized spacial score (nSPS) is 21.2. The average Bonchev–Trinajstić information content (AvgIpc) is 3.00. The van der Waals surface area contributed by atoms with E-state index in [4.69, 9.17) is 11.6 Å². The zero-order valence-electron chi connectivity index (χ0n) is 22.4. The Kier molecular flexibility index (Phi) is 8.50. The Bertz CT molecular complexity index is 1400. The summed E-state index contributed by atoms with van der Waals surface area (Å²) in [6.45, 7) is 8.58. The minimum atomic E-state index is -1.57. The van der Waals surface area contributed by atoms with Crippen LogP contribution in [0.1, 0.15) is 53.0 Å². The number of anilines is 1. The molecule has 39 heavy (non-hydrogen) atoms. The maximum Gasteiger partial charge on any atom is 0.259 e. The number of benzene rings is 3. The fourth-order valence-electron chi connectivity index (χ4n) is 5.76. The summed E-state index contributed by atoms with van der Waals surface area (Å²) in [6, 6.07) is 19.4. The Morgan fingerprint density at radius 3 is 2.54 bits per heavy atom. The number of hydrogen-bond acceptors (Lipinski definition) is 4. The molecule has 0 saturated carbocycles. The predicted molar refractivity (Wildman–Crippen MR) is 156 cm³/mol. The van der Waals surface area contributed by atoms with Crippen LogP contribution in [-0.2, 0) is 17.3 Å². The number of amides is 2. The molecule has 6 nitrogen and oxygen atoms in total. The lowest BCUT2D eigenvalue weighted by atomic mass is 9.92. The highest BCUT2D eigenvalue weighted by molar-refractivity contribution is 7.85. The molecule has 0 radical (unpaired) electrons. The van der Waals surface area contributed by atoms with Crippen molar-refractivity contribution >= 4 is 39.9 Å². The van der Waals surface area contributed by atoms with Gasteiger partial charge in [0.15, 0.2) is 0 Å². The van der Waals surface area contributed by atoms with Crippen LogP contribution in [0.5, 0.6) is 0 Å². The van der Waals surface area contributed by atoms with Gasteiger partial charge in [-0.3, -0.25) is 9.59 Å². The molecule has 1 saturated heterocycles. The third-order valence-electron chi connectivity index (χ3n) is 7.38. The standard InChI is InChI=1S/C31H34ClN3O3S/c1-21-15-22(2)19-34(18-21)14-6-13-33-30(36)24-11-12-29-27(17-24)35(20-23-7-5-8-25(32)16-23)31(37)26-9-3-4-10-28(26)39(29)38/h3-5,7-12,16-17,21-22H,6,13-15,18-20H2,1-2H3,(H,33,36)/t21-,22-,39-/m1/s1. The lowest BCUT2D eigenvalue weighted by molar-refractivity contribution is 0.0944. The van der Waals surface area contributed by atoms with Crippen LogP contribution in [-0.4, -0.2) is 47.1 Å². The highest BCUT2D eigenvalue weighted by Gasteiger charge is 2.31. The monoisotopic (exact) mass is 563 g/mol. The number of piperidine rings is 1. The van der Waals surface area contributed by atoms with Gasteiger partial charge < -0.3 is 15.1 Å². The van der Waals surface area contributed by atoms with Crippen LogP contribution in [0.25, 0.3) is 0 Å². The van der Waals surface area contributed by atoms with Crippen molar-refractivity contribution in [3.63, 3.8) is 0 Å². The van der Waals surface area contributed by atoms with Gasteiger partial charge in [0.2, 0.25) is 0 Å². The topological polar surface area (TPSA) is 69.7 Å². The fourth-order valence-corrected chi connectivity index (χ4v) is 7.32. The van der Waals surface area contributed by atoms with Crippen molar-refractivity contribution < 1.29 is 13.8 Å². The maximum absolute atomic E-state index is 13.8. The third kappa shape index (κ3) is 6.26. The van der Waals surface area contributed by atoms with Crippen LogP contribution in [0.15, 0.2) is 76.5 Å². The molecule has 1 N–H and O–H groups in total. The molecule has 3 atom stereocenters. The van der Waals surface area contributed by atoms with E-state index < -0.39 is 10.8 Å². The second-order valence-electron chi connectivity index (χ2n) is 10.8. The quantitative estimate of drug-likeness (QED) is 0.371. The Labute approximate surface area is 237 Å². The van der Waals surface area contributed by atoms with Crippen molar-refractivity contribution in [2.75, 3.05) is 31.1 Å². The molecular weight excluding hydrogens is 530 g/mol. The van der Waals surface area contributed by atoms with Gasteiger partial charge >= 0.3 is 0 Å². The molecule has 2 aliphatic heterocycles. The molecule has 2 heterocycles. The van der Waals surface area contributed by atoms with E-state index in [-0.39, 0.29) is 18.4 Å². The molecule has 5 rings (SSSR count). The number of likely N-dealkylation sites (tertiary alicyclic amines) is 1. The van der Waals surface area contributed by atoms with Crippen LogP contribution in [0, 0.1) is 11.8 Å². The summed E-state index contributed by atoms with van der Waals surface area (Å²) >= 11 is 6.22. The molecule has 2 amide bonds. The Balaban J connectivity index is 1.37. The number of halogens is 1. The molecule has 3 aromatic carbocycles. The minimum absolute atomic E-state index is 0.208. The number of fused-ring (bicyclic) bond motifs is 2. The molecule has 8 heteroatoms. The summed E-state index contributed by atoms with van der Waals surface area (Å²) in [5.74, 6) is 0.940. The summed E-state index contributed by atoms with van der Waals surface area (Å²) in [7, 11) is -1.57. The number of hydrogen-bond donors (Lipinski definition) is 1. The molecule has 0 unspecified atom stereocenters. The number of carbonyl (C=O) groups excluding carboxylic acids is 2. The third-order valence-corrected chi connectivity index (χ3v) is 9.12. The molecule has 0 aromatic heterocycles. The number of nitrogens with one attached hydrogen (secondary N) is 1. The summed E-state index contributed by atoms with van der Waals surface area (Å²) < 4.78 is 13.6. The maximum atomic E-state index is 13.8. The summed E-state index contributed by atoms with van der Waals surface area (Å²) in [4.78, 5) is 32.0. The zero-order valence-corrected chi connectivity index (χ0v) is 23.9. The molecular formula is C31H34ClN3O3S. The Hall–Kier alpha value is -3.00. The van der Waals surface area contributed by atoms with E-state index in [1.54, 1.807) is 53.4 Å². The van der Waals surface area contributed by atoms with Gasteiger partial charge in [0, 0.05) is 30.2 Å². The number of nitrogens with zero attached hydrogens (tertiary/aromatic N) is 2. The Morgan fingerprint density at radius 1 is 1.00 bits per heavy atom. The first-order valence-corrected chi connectivity index (χ1v) is 15.0. The van der Waals surface area contributed by atoms with Crippen molar-refractivity contribution in [3.05, 3.63) is 88.4 Å². The number of carbonyl (C=O) groups is 2. The van der Waals surface area contributed by atoms with Crippen LogP contribution in [0.2, 0.25) is 5.02 Å². The van der Waals surface area contributed by atoms with E-state index in [1.165, 1.54) is 6.42 Å². The van der Waals surface area contributed by atoms with Gasteiger partial charge in [-0.2, -0.15) is 0 Å². The van der Waals surface area contributed by atoms with Gasteiger partial charge in [-0.25, -0.2) is 4.21 Å². The summed E-state index contributed by atoms with van der Waals surface area (Å²) in [6.07, 6.45) is 2.15. The van der Waals surface area contributed by atoms with Crippen LogP contribution in [0.3, 0.4) is 0 Å². The minimum Gasteiger partial charge on any atom is -0.352 e. The van der Waals surface area contributed by atoms with Crippen molar-refractivity contribution in [1.29, 1.82) is 0 Å². The van der Waals surface area contributed by atoms with Crippen molar-refractivity contribution in [3.8, 4) is 0 Å². The van der Waals surface area contributed by atoms with E-state index >= 15 is 0 Å². The van der Waals surface area contributed by atoms with Gasteiger partial charge in [0.1, 0.15) is 0 Å². The van der Waals surface area contributed by atoms with Crippen LogP contribution < -0.4 is 10.2 Å². The van der Waals surface area contributed by atoms with Crippen LogP contribution in [0.4, 0.5) is 5.69 Å². The fraction of sp³-hybridized carbons (Fsp3) is 0.355. The first kappa shape index (κ1) is 27.6. The van der Waals surface area contributed by atoms with E-state index in [0.717, 1.165) is 31.6 Å². The van der Waals surface area contributed by atoms with Gasteiger partial charge in [-0.15, -0.1) is 0 Å². The lowest BCUT2D eigenvalue weighted by Crippen LogP contribution is -2.40. The Morgan fingerprint density at radius 2 is 1.77 bits per heavy atom. The first-order chi connectivity index (χ1) is 18.8.